The first-order valence-corrected chi connectivity index (χ1v) is 8.08. The lowest BCUT2D eigenvalue weighted by Gasteiger charge is -2.45. The standard InChI is InChI=1S/C18H30N2/c1-6-17-12-20(18(11-19-17)13(2)3)15(5)16-9-7-14(4)8-10-16/h7-10,13,15,17-19H,6,11-12H2,1-5H3. The fourth-order valence-electron chi connectivity index (χ4n) is 3.23. The summed E-state index contributed by atoms with van der Waals surface area (Å²) >= 11 is 0. The lowest BCUT2D eigenvalue weighted by Crippen LogP contribution is -2.58. The smallest absolute Gasteiger partial charge is 0.0324 e. The van der Waals surface area contributed by atoms with E-state index >= 15 is 0 Å². The Morgan fingerprint density at radius 1 is 1.20 bits per heavy atom. The van der Waals surface area contributed by atoms with Crippen LogP contribution >= 0.6 is 0 Å². The number of nitrogens with one attached hydrogen (secondary N) is 1. The van der Waals surface area contributed by atoms with E-state index in [1.165, 1.54) is 17.5 Å². The van der Waals surface area contributed by atoms with Crippen LogP contribution in [0, 0.1) is 12.8 Å². The van der Waals surface area contributed by atoms with Gasteiger partial charge in [0, 0.05) is 31.2 Å². The molecule has 0 amide bonds. The van der Waals surface area contributed by atoms with Gasteiger partial charge in [0.05, 0.1) is 0 Å². The van der Waals surface area contributed by atoms with Crippen molar-refractivity contribution in [3.63, 3.8) is 0 Å². The predicted molar refractivity (Wildman–Crippen MR) is 87.0 cm³/mol. The Balaban J connectivity index is 2.18. The van der Waals surface area contributed by atoms with Crippen molar-refractivity contribution in [1.29, 1.82) is 0 Å². The summed E-state index contributed by atoms with van der Waals surface area (Å²) in [5, 5.41) is 3.70. The van der Waals surface area contributed by atoms with Gasteiger partial charge in [-0.1, -0.05) is 50.6 Å². The van der Waals surface area contributed by atoms with Crippen LogP contribution in [0.25, 0.3) is 0 Å². The van der Waals surface area contributed by atoms with Crippen molar-refractivity contribution in [2.24, 2.45) is 5.92 Å². The van der Waals surface area contributed by atoms with Crippen molar-refractivity contribution in [2.75, 3.05) is 13.1 Å². The molecule has 3 atom stereocenters. The summed E-state index contributed by atoms with van der Waals surface area (Å²) in [6.45, 7) is 13.8. The Hall–Kier alpha value is -0.860. The molecule has 1 heterocycles. The third-order valence-electron chi connectivity index (χ3n) is 4.79. The molecular formula is C18H30N2. The van der Waals surface area contributed by atoms with Crippen LogP contribution < -0.4 is 5.32 Å². The first-order valence-electron chi connectivity index (χ1n) is 8.08. The zero-order valence-corrected chi connectivity index (χ0v) is 13.7. The van der Waals surface area contributed by atoms with E-state index in [-0.39, 0.29) is 0 Å². The predicted octanol–water partition coefficient (Wildman–Crippen LogP) is 3.76. The minimum absolute atomic E-state index is 0.499. The van der Waals surface area contributed by atoms with E-state index in [1.54, 1.807) is 0 Å². The van der Waals surface area contributed by atoms with Gasteiger partial charge < -0.3 is 5.32 Å². The second-order valence-electron chi connectivity index (χ2n) is 6.61. The summed E-state index contributed by atoms with van der Waals surface area (Å²) in [5.41, 5.74) is 2.78. The Labute approximate surface area is 124 Å². The number of hydrogen-bond donors (Lipinski definition) is 1. The second-order valence-corrected chi connectivity index (χ2v) is 6.61. The number of nitrogens with zero attached hydrogens (tertiary/aromatic N) is 1. The fraction of sp³-hybridized carbons (Fsp3) is 0.667. The van der Waals surface area contributed by atoms with Gasteiger partial charge in [0.15, 0.2) is 0 Å². The Kier molecular flexibility index (Phi) is 5.22. The molecule has 0 spiro atoms. The lowest BCUT2D eigenvalue weighted by molar-refractivity contribution is 0.0610. The van der Waals surface area contributed by atoms with Gasteiger partial charge in [0.1, 0.15) is 0 Å². The molecule has 1 aliphatic rings. The first kappa shape index (κ1) is 15.5. The van der Waals surface area contributed by atoms with Crippen LogP contribution in [0.4, 0.5) is 0 Å². The highest BCUT2D eigenvalue weighted by molar-refractivity contribution is 5.24. The molecule has 1 aliphatic heterocycles. The molecule has 0 aliphatic carbocycles. The zero-order valence-electron chi connectivity index (χ0n) is 13.7. The quantitative estimate of drug-likeness (QED) is 0.899. The number of hydrogen-bond acceptors (Lipinski definition) is 2. The molecule has 2 nitrogen and oxygen atoms in total. The summed E-state index contributed by atoms with van der Waals surface area (Å²) in [4.78, 5) is 2.71. The van der Waals surface area contributed by atoms with Crippen molar-refractivity contribution in [2.45, 2.75) is 59.2 Å². The third-order valence-corrected chi connectivity index (χ3v) is 4.79. The average Bonchev–Trinajstić information content (AvgIpc) is 2.46. The van der Waals surface area contributed by atoms with Crippen LogP contribution in [0.1, 0.15) is 51.3 Å². The Morgan fingerprint density at radius 2 is 1.85 bits per heavy atom. The summed E-state index contributed by atoms with van der Waals surface area (Å²) in [6, 6.07) is 10.8. The Bertz CT molecular complexity index is 410. The van der Waals surface area contributed by atoms with Gasteiger partial charge in [-0.3, -0.25) is 4.90 Å². The second kappa shape index (κ2) is 6.73. The Morgan fingerprint density at radius 3 is 2.40 bits per heavy atom. The van der Waals surface area contributed by atoms with Crippen LogP contribution in [-0.4, -0.2) is 30.1 Å². The molecule has 1 N–H and O–H groups in total. The normalized spacial score (nSPS) is 25.9. The minimum atomic E-state index is 0.499. The van der Waals surface area contributed by atoms with Gasteiger partial charge in [-0.25, -0.2) is 0 Å². The van der Waals surface area contributed by atoms with E-state index in [4.69, 9.17) is 0 Å². The SMILES string of the molecule is CCC1CN(C(C)c2ccc(C)cc2)C(C(C)C)CN1. The van der Waals surface area contributed by atoms with Crippen molar-refractivity contribution in [1.82, 2.24) is 10.2 Å². The number of piperazine rings is 1. The maximum Gasteiger partial charge on any atom is 0.0324 e. The molecule has 2 rings (SSSR count). The van der Waals surface area contributed by atoms with Crippen molar-refractivity contribution >= 4 is 0 Å². The highest BCUT2D eigenvalue weighted by Gasteiger charge is 2.32. The van der Waals surface area contributed by atoms with Crippen LogP contribution in [0.5, 0.6) is 0 Å². The third kappa shape index (κ3) is 3.42. The molecule has 1 aromatic carbocycles. The largest absolute Gasteiger partial charge is 0.311 e. The summed E-state index contributed by atoms with van der Waals surface area (Å²) in [7, 11) is 0. The first-order chi connectivity index (χ1) is 9.52. The molecule has 1 saturated heterocycles. The fourth-order valence-corrected chi connectivity index (χ4v) is 3.23. The van der Waals surface area contributed by atoms with Gasteiger partial charge >= 0.3 is 0 Å². The maximum absolute atomic E-state index is 3.70. The molecule has 0 saturated carbocycles. The monoisotopic (exact) mass is 274 g/mol. The van der Waals surface area contributed by atoms with E-state index in [2.05, 4.69) is 69.1 Å². The van der Waals surface area contributed by atoms with Gasteiger partial charge in [-0.15, -0.1) is 0 Å². The average molecular weight is 274 g/mol. The molecular weight excluding hydrogens is 244 g/mol. The van der Waals surface area contributed by atoms with Crippen molar-refractivity contribution in [3.8, 4) is 0 Å². The van der Waals surface area contributed by atoms with Gasteiger partial charge in [0.2, 0.25) is 0 Å². The van der Waals surface area contributed by atoms with Gasteiger partial charge in [-0.05, 0) is 31.7 Å². The molecule has 1 fully saturated rings. The van der Waals surface area contributed by atoms with E-state index < -0.39 is 0 Å². The van der Waals surface area contributed by atoms with E-state index in [1.807, 2.05) is 0 Å². The van der Waals surface area contributed by atoms with Crippen LogP contribution in [-0.2, 0) is 0 Å². The van der Waals surface area contributed by atoms with E-state index in [0.717, 1.165) is 13.1 Å². The number of benzene rings is 1. The molecule has 1 aromatic rings. The van der Waals surface area contributed by atoms with Crippen LogP contribution in [0.2, 0.25) is 0 Å². The van der Waals surface area contributed by atoms with E-state index in [0.29, 0.717) is 24.0 Å². The molecule has 0 radical (unpaired) electrons. The van der Waals surface area contributed by atoms with Crippen LogP contribution in [0.3, 0.4) is 0 Å². The molecule has 0 aromatic heterocycles. The molecule has 0 bridgehead atoms. The molecule has 2 heteroatoms. The minimum Gasteiger partial charge on any atom is -0.311 e. The lowest BCUT2D eigenvalue weighted by atomic mass is 9.93. The topological polar surface area (TPSA) is 15.3 Å². The molecule has 3 unspecified atom stereocenters. The van der Waals surface area contributed by atoms with E-state index in [9.17, 15) is 0 Å². The number of aryl methyl sites for hydroxylation is 1. The highest BCUT2D eigenvalue weighted by Crippen LogP contribution is 2.28. The summed E-state index contributed by atoms with van der Waals surface area (Å²) in [5.74, 6) is 0.688. The summed E-state index contributed by atoms with van der Waals surface area (Å²) in [6.07, 6.45) is 1.21. The van der Waals surface area contributed by atoms with Crippen LogP contribution in [0.15, 0.2) is 24.3 Å². The zero-order chi connectivity index (χ0) is 14.7. The van der Waals surface area contributed by atoms with Gasteiger partial charge in [-0.2, -0.15) is 0 Å². The molecule has 20 heavy (non-hydrogen) atoms. The highest BCUT2D eigenvalue weighted by atomic mass is 15.3. The van der Waals surface area contributed by atoms with Crippen molar-refractivity contribution in [3.05, 3.63) is 35.4 Å². The summed E-state index contributed by atoms with van der Waals surface area (Å²) < 4.78 is 0. The molecule has 112 valence electrons. The van der Waals surface area contributed by atoms with Crippen molar-refractivity contribution < 1.29 is 0 Å². The maximum atomic E-state index is 3.70. The van der Waals surface area contributed by atoms with Gasteiger partial charge in [0.25, 0.3) is 0 Å². The number of rotatable bonds is 4.